The number of nitrogens with zero attached hydrogens (tertiary/aromatic N) is 1. The molecule has 0 bridgehead atoms. The molecule has 1 heterocycles. The van der Waals surface area contributed by atoms with E-state index in [2.05, 4.69) is 49.3 Å². The minimum absolute atomic E-state index is 0.545. The lowest BCUT2D eigenvalue weighted by Gasteiger charge is -2.40. The predicted molar refractivity (Wildman–Crippen MR) is 80.9 cm³/mol. The zero-order valence-electron chi connectivity index (χ0n) is 12.5. The number of rotatable bonds is 4. The molecule has 0 aromatic heterocycles. The lowest BCUT2D eigenvalue weighted by molar-refractivity contribution is 0.145. The van der Waals surface area contributed by atoms with Crippen LogP contribution in [0.2, 0.25) is 0 Å². The van der Waals surface area contributed by atoms with Crippen LogP contribution in [0.25, 0.3) is 0 Å². The topological polar surface area (TPSA) is 24.5 Å². The van der Waals surface area contributed by atoms with Crippen LogP contribution >= 0.6 is 0 Å². The molecule has 1 aliphatic rings. The zero-order chi connectivity index (χ0) is 13.8. The molecular weight excluding hydrogens is 236 g/mol. The summed E-state index contributed by atoms with van der Waals surface area (Å²) in [5.41, 5.74) is 1.17. The first-order chi connectivity index (χ1) is 9.10. The van der Waals surface area contributed by atoms with Gasteiger partial charge in [-0.2, -0.15) is 0 Å². The number of hydrogen-bond donors (Lipinski definition) is 1. The van der Waals surface area contributed by atoms with Gasteiger partial charge in [-0.1, -0.05) is 13.0 Å². The molecule has 1 aromatic rings. The van der Waals surface area contributed by atoms with Gasteiger partial charge < -0.3 is 15.0 Å². The third-order valence-corrected chi connectivity index (χ3v) is 4.11. The summed E-state index contributed by atoms with van der Waals surface area (Å²) in [6.07, 6.45) is 1.19. The fraction of sp³-hybridized carbons (Fsp3) is 0.625. The van der Waals surface area contributed by atoms with Gasteiger partial charge in [0, 0.05) is 30.4 Å². The molecule has 1 fully saturated rings. The molecule has 2 rings (SSSR count). The normalized spacial score (nSPS) is 28.1. The van der Waals surface area contributed by atoms with Gasteiger partial charge in [-0.05, 0) is 45.4 Å². The van der Waals surface area contributed by atoms with E-state index in [1.807, 2.05) is 13.0 Å². The standard InChI is InChI=1S/C16H26N2O/c1-5-19-15-8-6-7-14(10-15)17-16-9-13(3)18(4)11-12(16)2/h6-8,10,12-13,16-17H,5,9,11H2,1-4H3. The van der Waals surface area contributed by atoms with Crippen molar-refractivity contribution in [3.05, 3.63) is 24.3 Å². The molecule has 3 heteroatoms. The predicted octanol–water partition coefficient (Wildman–Crippen LogP) is 3.23. The van der Waals surface area contributed by atoms with Crippen LogP contribution in [-0.2, 0) is 0 Å². The Bertz CT molecular complexity index is 407. The molecule has 0 spiro atoms. The van der Waals surface area contributed by atoms with Crippen molar-refractivity contribution in [1.82, 2.24) is 4.90 Å². The second kappa shape index (κ2) is 6.29. The average molecular weight is 262 g/mol. The fourth-order valence-corrected chi connectivity index (χ4v) is 2.80. The van der Waals surface area contributed by atoms with Crippen LogP contribution in [0.15, 0.2) is 24.3 Å². The molecule has 0 radical (unpaired) electrons. The van der Waals surface area contributed by atoms with Gasteiger partial charge in [0.25, 0.3) is 0 Å². The van der Waals surface area contributed by atoms with E-state index in [4.69, 9.17) is 4.74 Å². The Morgan fingerprint density at radius 3 is 2.89 bits per heavy atom. The van der Waals surface area contributed by atoms with Gasteiger partial charge >= 0.3 is 0 Å². The van der Waals surface area contributed by atoms with E-state index in [9.17, 15) is 0 Å². The highest BCUT2D eigenvalue weighted by molar-refractivity contribution is 5.49. The summed E-state index contributed by atoms with van der Waals surface area (Å²) in [6, 6.07) is 9.47. The Hall–Kier alpha value is -1.22. The van der Waals surface area contributed by atoms with Gasteiger partial charge in [-0.25, -0.2) is 0 Å². The van der Waals surface area contributed by atoms with Crippen molar-refractivity contribution < 1.29 is 4.74 Å². The first-order valence-corrected chi connectivity index (χ1v) is 7.29. The van der Waals surface area contributed by atoms with Crippen LogP contribution in [0, 0.1) is 5.92 Å². The van der Waals surface area contributed by atoms with Crippen LogP contribution in [-0.4, -0.2) is 37.2 Å². The molecule has 1 aromatic carbocycles. The maximum atomic E-state index is 5.55. The van der Waals surface area contributed by atoms with Crippen molar-refractivity contribution in [1.29, 1.82) is 0 Å². The molecule has 1 saturated heterocycles. The van der Waals surface area contributed by atoms with Crippen LogP contribution in [0.5, 0.6) is 5.75 Å². The first-order valence-electron chi connectivity index (χ1n) is 7.29. The largest absolute Gasteiger partial charge is 0.494 e. The van der Waals surface area contributed by atoms with E-state index in [0.717, 1.165) is 12.3 Å². The SMILES string of the molecule is CCOc1cccc(NC2CC(C)N(C)CC2C)c1. The van der Waals surface area contributed by atoms with Crippen molar-refractivity contribution in [2.75, 3.05) is 25.5 Å². The van der Waals surface area contributed by atoms with Gasteiger partial charge in [0.15, 0.2) is 0 Å². The van der Waals surface area contributed by atoms with Gasteiger partial charge in [-0.3, -0.25) is 0 Å². The van der Waals surface area contributed by atoms with Gasteiger partial charge in [0.05, 0.1) is 6.61 Å². The van der Waals surface area contributed by atoms with Crippen molar-refractivity contribution in [3.8, 4) is 5.75 Å². The summed E-state index contributed by atoms with van der Waals surface area (Å²) < 4.78 is 5.55. The van der Waals surface area contributed by atoms with Crippen molar-refractivity contribution in [3.63, 3.8) is 0 Å². The summed E-state index contributed by atoms with van der Waals surface area (Å²) in [4.78, 5) is 2.44. The first kappa shape index (κ1) is 14.2. The third kappa shape index (κ3) is 3.63. The molecule has 0 saturated carbocycles. The van der Waals surface area contributed by atoms with E-state index in [1.54, 1.807) is 0 Å². The van der Waals surface area contributed by atoms with Crippen molar-refractivity contribution in [2.24, 2.45) is 5.92 Å². The number of likely N-dealkylation sites (tertiary alicyclic amines) is 1. The van der Waals surface area contributed by atoms with Crippen molar-refractivity contribution in [2.45, 2.75) is 39.3 Å². The molecule has 0 aliphatic carbocycles. The maximum Gasteiger partial charge on any atom is 0.121 e. The van der Waals surface area contributed by atoms with E-state index in [-0.39, 0.29) is 0 Å². The van der Waals surface area contributed by atoms with Crippen LogP contribution < -0.4 is 10.1 Å². The monoisotopic (exact) mass is 262 g/mol. The van der Waals surface area contributed by atoms with Crippen LogP contribution in [0.3, 0.4) is 0 Å². The van der Waals surface area contributed by atoms with Gasteiger partial charge in [-0.15, -0.1) is 0 Å². The van der Waals surface area contributed by atoms with Crippen LogP contribution in [0.4, 0.5) is 5.69 Å². The lowest BCUT2D eigenvalue weighted by Crippen LogP contribution is -2.48. The second-order valence-corrected chi connectivity index (χ2v) is 5.71. The van der Waals surface area contributed by atoms with E-state index >= 15 is 0 Å². The molecule has 19 heavy (non-hydrogen) atoms. The summed E-state index contributed by atoms with van der Waals surface area (Å²) in [5.74, 6) is 1.61. The van der Waals surface area contributed by atoms with E-state index in [1.165, 1.54) is 12.1 Å². The Balaban J connectivity index is 2.02. The number of anilines is 1. The number of hydrogen-bond acceptors (Lipinski definition) is 3. The molecule has 3 nitrogen and oxygen atoms in total. The number of ether oxygens (including phenoxy) is 1. The molecule has 106 valence electrons. The minimum Gasteiger partial charge on any atom is -0.494 e. The highest BCUT2D eigenvalue weighted by Crippen LogP contribution is 2.25. The van der Waals surface area contributed by atoms with Crippen LogP contribution in [0.1, 0.15) is 27.2 Å². The Morgan fingerprint density at radius 1 is 1.37 bits per heavy atom. The Kier molecular flexibility index (Phi) is 4.70. The van der Waals surface area contributed by atoms with E-state index < -0.39 is 0 Å². The maximum absolute atomic E-state index is 5.55. The quantitative estimate of drug-likeness (QED) is 0.901. The minimum atomic E-state index is 0.545. The molecule has 3 atom stereocenters. The summed E-state index contributed by atoms with van der Waals surface area (Å²) in [7, 11) is 2.22. The number of piperidine rings is 1. The van der Waals surface area contributed by atoms with Gasteiger partial charge in [0.1, 0.15) is 5.75 Å². The summed E-state index contributed by atoms with van der Waals surface area (Å²) >= 11 is 0. The molecule has 0 amide bonds. The average Bonchev–Trinajstić information content (AvgIpc) is 2.37. The highest BCUT2D eigenvalue weighted by Gasteiger charge is 2.28. The van der Waals surface area contributed by atoms with Gasteiger partial charge in [0.2, 0.25) is 0 Å². The fourth-order valence-electron chi connectivity index (χ4n) is 2.80. The molecular formula is C16H26N2O. The zero-order valence-corrected chi connectivity index (χ0v) is 12.5. The lowest BCUT2D eigenvalue weighted by atomic mass is 9.89. The smallest absolute Gasteiger partial charge is 0.121 e. The third-order valence-electron chi connectivity index (χ3n) is 4.11. The summed E-state index contributed by atoms with van der Waals surface area (Å²) in [5, 5.41) is 3.67. The molecule has 1 aliphatic heterocycles. The molecule has 3 unspecified atom stereocenters. The Morgan fingerprint density at radius 2 is 2.16 bits per heavy atom. The Labute approximate surface area is 116 Å². The number of benzene rings is 1. The van der Waals surface area contributed by atoms with E-state index in [0.29, 0.717) is 24.6 Å². The number of nitrogens with one attached hydrogen (secondary N) is 1. The van der Waals surface area contributed by atoms with Crippen molar-refractivity contribution >= 4 is 5.69 Å². The summed E-state index contributed by atoms with van der Waals surface area (Å²) in [6.45, 7) is 8.51. The molecule has 1 N–H and O–H groups in total. The second-order valence-electron chi connectivity index (χ2n) is 5.71. The highest BCUT2D eigenvalue weighted by atomic mass is 16.5.